The Morgan fingerprint density at radius 2 is 2.11 bits per heavy atom. The van der Waals surface area contributed by atoms with Crippen LogP contribution in [0.3, 0.4) is 0 Å². The van der Waals surface area contributed by atoms with Gasteiger partial charge in [-0.25, -0.2) is 4.79 Å². The van der Waals surface area contributed by atoms with Crippen LogP contribution in [0.25, 0.3) is 11.1 Å². The minimum atomic E-state index is -0.285. The summed E-state index contributed by atoms with van der Waals surface area (Å²) >= 11 is 0. The number of methoxy groups -OCH3 is 1. The summed E-state index contributed by atoms with van der Waals surface area (Å²) in [5, 5.41) is 19.7. The van der Waals surface area contributed by atoms with Crippen LogP contribution in [-0.2, 0) is 6.54 Å². The predicted molar refractivity (Wildman–Crippen MR) is 104 cm³/mol. The predicted octanol–water partition coefficient (Wildman–Crippen LogP) is 3.84. The summed E-state index contributed by atoms with van der Waals surface area (Å²) in [6, 6.07) is 12.4. The average Bonchev–Trinajstić information content (AvgIpc) is 3.22. The lowest BCUT2D eigenvalue weighted by molar-refractivity contribution is 0.212. The van der Waals surface area contributed by atoms with Gasteiger partial charge in [-0.1, -0.05) is 18.2 Å². The molecule has 0 spiro atoms. The number of urea groups is 1. The van der Waals surface area contributed by atoms with Crippen molar-refractivity contribution < 1.29 is 14.6 Å². The highest BCUT2D eigenvalue weighted by Gasteiger charge is 2.15. The van der Waals surface area contributed by atoms with Crippen molar-refractivity contribution in [1.29, 1.82) is 0 Å². The molecule has 3 aromatic rings. The first-order valence-electron chi connectivity index (χ1n) is 8.61. The summed E-state index contributed by atoms with van der Waals surface area (Å²) in [6.07, 6.45) is 3.40. The minimum absolute atomic E-state index is 0.000478. The van der Waals surface area contributed by atoms with Gasteiger partial charge in [0.25, 0.3) is 0 Å². The van der Waals surface area contributed by atoms with Gasteiger partial charge in [-0.05, 0) is 42.3 Å². The molecule has 27 heavy (non-hydrogen) atoms. The monoisotopic (exact) mass is 366 g/mol. The van der Waals surface area contributed by atoms with Gasteiger partial charge in [0.1, 0.15) is 11.5 Å². The normalized spacial score (nSPS) is 10.4. The Morgan fingerprint density at radius 1 is 1.26 bits per heavy atom. The first kappa shape index (κ1) is 18.3. The van der Waals surface area contributed by atoms with Crippen LogP contribution < -0.4 is 10.1 Å². The number of carbonyl (C=O) groups is 1. The summed E-state index contributed by atoms with van der Waals surface area (Å²) in [4.78, 5) is 14.3. The number of H-pyrrole nitrogens is 1. The fourth-order valence-corrected chi connectivity index (χ4v) is 2.74. The minimum Gasteiger partial charge on any atom is -0.506 e. The molecule has 0 aliphatic heterocycles. The van der Waals surface area contributed by atoms with E-state index in [2.05, 4.69) is 15.5 Å². The highest BCUT2D eigenvalue weighted by Crippen LogP contribution is 2.29. The molecule has 3 rings (SSSR count). The third kappa shape index (κ3) is 4.38. The maximum atomic E-state index is 12.6. The third-order valence-corrected chi connectivity index (χ3v) is 4.25. The molecule has 3 N–H and O–H groups in total. The van der Waals surface area contributed by atoms with Crippen molar-refractivity contribution in [2.75, 3.05) is 19.0 Å². The van der Waals surface area contributed by atoms with Gasteiger partial charge in [0.05, 0.1) is 19.0 Å². The molecular formula is C20H22N4O3. The van der Waals surface area contributed by atoms with Crippen LogP contribution in [0.2, 0.25) is 0 Å². The Kier molecular flexibility index (Phi) is 5.61. The number of nitrogens with zero attached hydrogens (tertiary/aromatic N) is 2. The highest BCUT2D eigenvalue weighted by molar-refractivity contribution is 5.91. The van der Waals surface area contributed by atoms with Crippen molar-refractivity contribution >= 4 is 11.7 Å². The molecule has 7 nitrogen and oxygen atoms in total. The topological polar surface area (TPSA) is 90.5 Å². The summed E-state index contributed by atoms with van der Waals surface area (Å²) in [5.74, 6) is 0.746. The van der Waals surface area contributed by atoms with E-state index in [-0.39, 0.29) is 11.8 Å². The number of aromatic hydroxyl groups is 1. The number of amides is 2. The van der Waals surface area contributed by atoms with E-state index in [1.807, 2.05) is 37.3 Å². The number of aromatic nitrogens is 2. The van der Waals surface area contributed by atoms with Gasteiger partial charge in [-0.15, -0.1) is 0 Å². The lowest BCUT2D eigenvalue weighted by Crippen LogP contribution is -2.34. The van der Waals surface area contributed by atoms with Gasteiger partial charge in [0, 0.05) is 24.8 Å². The van der Waals surface area contributed by atoms with Gasteiger partial charge in [-0.3, -0.25) is 5.10 Å². The first-order valence-corrected chi connectivity index (χ1v) is 8.61. The van der Waals surface area contributed by atoms with E-state index in [9.17, 15) is 9.90 Å². The van der Waals surface area contributed by atoms with Crippen molar-refractivity contribution in [2.24, 2.45) is 0 Å². The zero-order valence-electron chi connectivity index (χ0n) is 15.3. The standard InChI is InChI=1S/C20H22N4O3/c1-3-24(13-14-5-4-6-17(9-14)27-2)20(26)23-18-8-7-15(10-19(18)25)16-11-21-22-12-16/h4-12,25H,3,13H2,1-2H3,(H,21,22)(H,23,26). The summed E-state index contributed by atoms with van der Waals surface area (Å²) in [6.45, 7) is 2.87. The SMILES string of the molecule is CCN(Cc1cccc(OC)c1)C(=O)Nc1ccc(-c2cn[nH]c2)cc1O. The second kappa shape index (κ2) is 8.27. The number of hydrogen-bond donors (Lipinski definition) is 3. The van der Waals surface area contributed by atoms with E-state index in [0.29, 0.717) is 18.8 Å². The van der Waals surface area contributed by atoms with E-state index >= 15 is 0 Å². The highest BCUT2D eigenvalue weighted by atomic mass is 16.5. The lowest BCUT2D eigenvalue weighted by Gasteiger charge is -2.22. The van der Waals surface area contributed by atoms with E-state index in [1.165, 1.54) is 0 Å². The van der Waals surface area contributed by atoms with E-state index < -0.39 is 0 Å². The van der Waals surface area contributed by atoms with Gasteiger partial charge in [0.15, 0.2) is 0 Å². The molecule has 2 amide bonds. The smallest absolute Gasteiger partial charge is 0.322 e. The van der Waals surface area contributed by atoms with Gasteiger partial charge in [0.2, 0.25) is 0 Å². The number of rotatable bonds is 6. The quantitative estimate of drug-likeness (QED) is 0.578. The second-order valence-electron chi connectivity index (χ2n) is 6.01. The number of benzene rings is 2. The Hall–Kier alpha value is -3.48. The van der Waals surface area contributed by atoms with Gasteiger partial charge >= 0.3 is 6.03 Å². The van der Waals surface area contributed by atoms with E-state index in [0.717, 1.165) is 22.4 Å². The number of anilines is 1. The van der Waals surface area contributed by atoms with Gasteiger partial charge < -0.3 is 20.1 Å². The van der Waals surface area contributed by atoms with Crippen molar-refractivity contribution in [3.05, 3.63) is 60.4 Å². The Morgan fingerprint density at radius 3 is 2.78 bits per heavy atom. The fraction of sp³-hybridized carbons (Fsp3) is 0.200. The number of carbonyl (C=O) groups excluding carboxylic acids is 1. The van der Waals surface area contributed by atoms with Crippen molar-refractivity contribution in [1.82, 2.24) is 15.1 Å². The number of nitrogens with one attached hydrogen (secondary N) is 2. The molecular weight excluding hydrogens is 344 g/mol. The summed E-state index contributed by atoms with van der Waals surface area (Å²) in [7, 11) is 1.61. The molecule has 0 radical (unpaired) electrons. The number of ether oxygens (including phenoxy) is 1. The zero-order valence-corrected chi connectivity index (χ0v) is 15.3. The summed E-state index contributed by atoms with van der Waals surface area (Å²) in [5.41, 5.74) is 2.99. The van der Waals surface area contributed by atoms with Crippen LogP contribution in [0.4, 0.5) is 10.5 Å². The van der Waals surface area contributed by atoms with E-state index in [1.54, 1.807) is 36.5 Å². The molecule has 0 unspecified atom stereocenters. The summed E-state index contributed by atoms with van der Waals surface area (Å²) < 4.78 is 5.22. The molecule has 0 bridgehead atoms. The van der Waals surface area contributed by atoms with Crippen LogP contribution in [0.1, 0.15) is 12.5 Å². The van der Waals surface area contributed by atoms with Crippen LogP contribution in [0.15, 0.2) is 54.9 Å². The molecule has 0 saturated carbocycles. The molecule has 7 heteroatoms. The third-order valence-electron chi connectivity index (χ3n) is 4.25. The van der Waals surface area contributed by atoms with Crippen molar-refractivity contribution in [3.8, 4) is 22.6 Å². The number of hydrogen-bond acceptors (Lipinski definition) is 4. The van der Waals surface area contributed by atoms with E-state index in [4.69, 9.17) is 4.74 Å². The average molecular weight is 366 g/mol. The molecule has 2 aromatic carbocycles. The second-order valence-corrected chi connectivity index (χ2v) is 6.01. The molecule has 0 aliphatic carbocycles. The van der Waals surface area contributed by atoms with Crippen LogP contribution >= 0.6 is 0 Å². The van der Waals surface area contributed by atoms with Crippen LogP contribution in [-0.4, -0.2) is 39.9 Å². The number of phenols is 1. The number of aromatic amines is 1. The Labute approximate surface area is 157 Å². The molecule has 0 atom stereocenters. The van der Waals surface area contributed by atoms with Crippen LogP contribution in [0, 0.1) is 0 Å². The maximum Gasteiger partial charge on any atom is 0.322 e. The largest absolute Gasteiger partial charge is 0.506 e. The first-order chi connectivity index (χ1) is 13.1. The molecule has 1 heterocycles. The van der Waals surface area contributed by atoms with Crippen molar-refractivity contribution in [3.63, 3.8) is 0 Å². The maximum absolute atomic E-state index is 12.6. The molecule has 0 saturated heterocycles. The van der Waals surface area contributed by atoms with Crippen LogP contribution in [0.5, 0.6) is 11.5 Å². The van der Waals surface area contributed by atoms with Crippen molar-refractivity contribution in [2.45, 2.75) is 13.5 Å². The molecule has 1 aromatic heterocycles. The number of phenolic OH excluding ortho intramolecular Hbond substituents is 1. The Balaban J connectivity index is 1.71. The molecule has 0 fully saturated rings. The lowest BCUT2D eigenvalue weighted by atomic mass is 10.1. The molecule has 140 valence electrons. The zero-order chi connectivity index (χ0) is 19.2. The van der Waals surface area contributed by atoms with Gasteiger partial charge in [-0.2, -0.15) is 5.10 Å². The molecule has 0 aliphatic rings. The Bertz CT molecular complexity index is 909. The fourth-order valence-electron chi connectivity index (χ4n) is 2.74.